The third kappa shape index (κ3) is 5.14. The molecule has 1 aromatic carbocycles. The zero-order valence-corrected chi connectivity index (χ0v) is 16.9. The molecule has 0 radical (unpaired) electrons. The zero-order chi connectivity index (χ0) is 19.4. The summed E-state index contributed by atoms with van der Waals surface area (Å²) in [4.78, 5) is 33.1. The Morgan fingerprint density at radius 1 is 1.33 bits per heavy atom. The summed E-state index contributed by atoms with van der Waals surface area (Å²) in [5.41, 5.74) is 2.72. The molecular weight excluding hydrogens is 360 g/mol. The standard InChI is InChI=1S/C20H26N4O2S/c1-14-21-18(13-27-14)15-5-7-17(8-6-15)22-20(26)16-11-19(25)24(12-16)10-4-9-23(2)3/h5-8,13,16H,4,9-12H2,1-3H3,(H,22,26). The number of amides is 2. The molecule has 7 heteroatoms. The molecule has 1 unspecified atom stereocenters. The summed E-state index contributed by atoms with van der Waals surface area (Å²) < 4.78 is 0. The van der Waals surface area contributed by atoms with Gasteiger partial charge in [-0.25, -0.2) is 4.98 Å². The molecule has 3 rings (SSSR count). The normalized spacial score (nSPS) is 17.0. The molecule has 0 aliphatic carbocycles. The third-order valence-electron chi connectivity index (χ3n) is 4.69. The molecule has 2 heterocycles. The number of nitrogens with one attached hydrogen (secondary N) is 1. The number of anilines is 1. The number of nitrogens with zero attached hydrogens (tertiary/aromatic N) is 3. The van der Waals surface area contributed by atoms with Crippen molar-refractivity contribution in [1.29, 1.82) is 0 Å². The minimum absolute atomic E-state index is 0.0724. The van der Waals surface area contributed by atoms with Gasteiger partial charge in [-0.15, -0.1) is 11.3 Å². The quantitative estimate of drug-likeness (QED) is 0.795. The molecule has 1 aliphatic heterocycles. The molecule has 6 nitrogen and oxygen atoms in total. The van der Waals surface area contributed by atoms with Gasteiger partial charge in [-0.2, -0.15) is 0 Å². The Labute approximate surface area is 164 Å². The Kier molecular flexibility index (Phi) is 6.23. The van der Waals surface area contributed by atoms with E-state index in [1.165, 1.54) is 0 Å². The molecule has 27 heavy (non-hydrogen) atoms. The van der Waals surface area contributed by atoms with Crippen molar-refractivity contribution < 1.29 is 9.59 Å². The first-order valence-electron chi connectivity index (χ1n) is 9.18. The molecule has 1 atom stereocenters. The topological polar surface area (TPSA) is 65.5 Å². The first-order valence-corrected chi connectivity index (χ1v) is 10.1. The fraction of sp³-hybridized carbons (Fsp3) is 0.450. The van der Waals surface area contributed by atoms with Crippen LogP contribution in [-0.2, 0) is 9.59 Å². The Hall–Kier alpha value is -2.25. The fourth-order valence-corrected chi connectivity index (χ4v) is 3.83. The third-order valence-corrected chi connectivity index (χ3v) is 5.46. The number of thiazole rings is 1. The molecule has 0 spiro atoms. The van der Waals surface area contributed by atoms with Crippen LogP contribution in [0.3, 0.4) is 0 Å². The number of benzene rings is 1. The highest BCUT2D eigenvalue weighted by Crippen LogP contribution is 2.24. The van der Waals surface area contributed by atoms with Gasteiger partial charge in [0.15, 0.2) is 0 Å². The van der Waals surface area contributed by atoms with Crippen LogP contribution in [0.15, 0.2) is 29.6 Å². The Bertz CT molecular complexity index is 801. The van der Waals surface area contributed by atoms with E-state index in [9.17, 15) is 9.59 Å². The summed E-state index contributed by atoms with van der Waals surface area (Å²) in [6, 6.07) is 7.68. The number of rotatable bonds is 7. The maximum Gasteiger partial charge on any atom is 0.229 e. The molecule has 0 saturated carbocycles. The first-order chi connectivity index (χ1) is 12.9. The number of aromatic nitrogens is 1. The van der Waals surface area contributed by atoms with E-state index in [1.807, 2.05) is 50.7 Å². The number of hydrogen-bond donors (Lipinski definition) is 1. The Balaban J connectivity index is 1.53. The van der Waals surface area contributed by atoms with Crippen LogP contribution >= 0.6 is 11.3 Å². The van der Waals surface area contributed by atoms with Crippen molar-refractivity contribution in [2.45, 2.75) is 19.8 Å². The van der Waals surface area contributed by atoms with Crippen LogP contribution in [0.2, 0.25) is 0 Å². The molecule has 144 valence electrons. The molecule has 0 bridgehead atoms. The number of hydrogen-bond acceptors (Lipinski definition) is 5. The van der Waals surface area contributed by atoms with E-state index in [2.05, 4.69) is 15.2 Å². The van der Waals surface area contributed by atoms with Crippen molar-refractivity contribution in [3.05, 3.63) is 34.7 Å². The van der Waals surface area contributed by atoms with E-state index in [0.717, 1.165) is 34.9 Å². The maximum absolute atomic E-state index is 12.5. The van der Waals surface area contributed by atoms with Crippen LogP contribution in [0.4, 0.5) is 5.69 Å². The van der Waals surface area contributed by atoms with Crippen molar-refractivity contribution in [1.82, 2.24) is 14.8 Å². The van der Waals surface area contributed by atoms with E-state index in [0.29, 0.717) is 19.5 Å². The SMILES string of the molecule is Cc1nc(-c2ccc(NC(=O)C3CC(=O)N(CCCN(C)C)C3)cc2)cs1. The number of carbonyl (C=O) groups excluding carboxylic acids is 2. The first kappa shape index (κ1) is 19.5. The predicted molar refractivity (Wildman–Crippen MR) is 109 cm³/mol. The average Bonchev–Trinajstić information content (AvgIpc) is 3.22. The van der Waals surface area contributed by atoms with Crippen LogP contribution in [-0.4, -0.2) is 60.3 Å². The molecule has 1 saturated heterocycles. The second kappa shape index (κ2) is 8.63. The van der Waals surface area contributed by atoms with E-state index in [-0.39, 0.29) is 17.7 Å². The molecule has 1 N–H and O–H groups in total. The fourth-order valence-electron chi connectivity index (χ4n) is 3.21. The maximum atomic E-state index is 12.5. The van der Waals surface area contributed by atoms with Crippen LogP contribution in [0, 0.1) is 12.8 Å². The second-order valence-corrected chi connectivity index (χ2v) is 8.28. The van der Waals surface area contributed by atoms with E-state index in [4.69, 9.17) is 0 Å². The number of carbonyl (C=O) groups is 2. The van der Waals surface area contributed by atoms with Gasteiger partial charge in [0.05, 0.1) is 16.6 Å². The van der Waals surface area contributed by atoms with Gasteiger partial charge in [0.2, 0.25) is 11.8 Å². The predicted octanol–water partition coefficient (Wildman–Crippen LogP) is 2.86. The molecule has 2 aromatic rings. The molecule has 2 amide bonds. The lowest BCUT2D eigenvalue weighted by Gasteiger charge is -2.18. The summed E-state index contributed by atoms with van der Waals surface area (Å²) in [6.07, 6.45) is 1.22. The van der Waals surface area contributed by atoms with Gasteiger partial charge in [-0.3, -0.25) is 9.59 Å². The zero-order valence-electron chi connectivity index (χ0n) is 16.1. The summed E-state index contributed by atoms with van der Waals surface area (Å²) in [5.74, 6) is -0.295. The van der Waals surface area contributed by atoms with Gasteiger partial charge in [-0.1, -0.05) is 12.1 Å². The van der Waals surface area contributed by atoms with Crippen LogP contribution in [0.1, 0.15) is 17.8 Å². The number of aryl methyl sites for hydroxylation is 1. The molecular formula is C20H26N4O2S. The Morgan fingerprint density at radius 2 is 2.07 bits per heavy atom. The highest BCUT2D eigenvalue weighted by Gasteiger charge is 2.33. The minimum atomic E-state index is -0.280. The van der Waals surface area contributed by atoms with Crippen molar-refractivity contribution in [2.75, 3.05) is 39.0 Å². The molecule has 1 fully saturated rings. The van der Waals surface area contributed by atoms with Crippen molar-refractivity contribution in [3.63, 3.8) is 0 Å². The number of likely N-dealkylation sites (tertiary alicyclic amines) is 1. The highest BCUT2D eigenvalue weighted by atomic mass is 32.1. The van der Waals surface area contributed by atoms with Gasteiger partial charge in [0, 0.05) is 36.1 Å². The van der Waals surface area contributed by atoms with Gasteiger partial charge in [0.25, 0.3) is 0 Å². The molecule has 1 aliphatic rings. The Morgan fingerprint density at radius 3 is 2.70 bits per heavy atom. The summed E-state index contributed by atoms with van der Waals surface area (Å²) in [5, 5.41) is 6.00. The lowest BCUT2D eigenvalue weighted by Crippen LogP contribution is -2.30. The second-order valence-electron chi connectivity index (χ2n) is 7.22. The van der Waals surface area contributed by atoms with Gasteiger partial charge < -0.3 is 15.1 Å². The lowest BCUT2D eigenvalue weighted by molar-refractivity contribution is -0.128. The van der Waals surface area contributed by atoms with Crippen molar-refractivity contribution in [2.24, 2.45) is 5.92 Å². The van der Waals surface area contributed by atoms with Crippen molar-refractivity contribution in [3.8, 4) is 11.3 Å². The monoisotopic (exact) mass is 386 g/mol. The van der Waals surface area contributed by atoms with Gasteiger partial charge >= 0.3 is 0 Å². The summed E-state index contributed by atoms with van der Waals surface area (Å²) in [6.45, 7) is 4.14. The van der Waals surface area contributed by atoms with Crippen LogP contribution in [0.25, 0.3) is 11.3 Å². The summed E-state index contributed by atoms with van der Waals surface area (Å²) >= 11 is 1.62. The van der Waals surface area contributed by atoms with Gasteiger partial charge in [-0.05, 0) is 46.1 Å². The smallest absolute Gasteiger partial charge is 0.229 e. The largest absolute Gasteiger partial charge is 0.342 e. The van der Waals surface area contributed by atoms with Crippen molar-refractivity contribution >= 4 is 28.8 Å². The van der Waals surface area contributed by atoms with E-state index >= 15 is 0 Å². The highest BCUT2D eigenvalue weighted by molar-refractivity contribution is 7.09. The van der Waals surface area contributed by atoms with Crippen LogP contribution < -0.4 is 5.32 Å². The average molecular weight is 387 g/mol. The molecule has 1 aromatic heterocycles. The van der Waals surface area contributed by atoms with E-state index in [1.54, 1.807) is 16.2 Å². The summed E-state index contributed by atoms with van der Waals surface area (Å²) in [7, 11) is 4.03. The van der Waals surface area contributed by atoms with E-state index < -0.39 is 0 Å². The van der Waals surface area contributed by atoms with Gasteiger partial charge in [0.1, 0.15) is 0 Å². The van der Waals surface area contributed by atoms with Crippen LogP contribution in [0.5, 0.6) is 0 Å². The lowest BCUT2D eigenvalue weighted by atomic mass is 10.1. The minimum Gasteiger partial charge on any atom is -0.342 e.